The van der Waals surface area contributed by atoms with Gasteiger partial charge >= 0.3 is 12.1 Å². The number of hydrogen-bond acceptors (Lipinski definition) is 4. The van der Waals surface area contributed by atoms with Gasteiger partial charge in [0.05, 0.1) is 12.2 Å². The summed E-state index contributed by atoms with van der Waals surface area (Å²) in [6, 6.07) is 16.0. The van der Waals surface area contributed by atoms with Crippen LogP contribution in [-0.2, 0) is 14.9 Å². The molecule has 2 aromatic carbocycles. The number of carbonyl (C=O) groups is 2. The molecule has 2 aromatic rings. The van der Waals surface area contributed by atoms with Crippen molar-refractivity contribution in [1.82, 2.24) is 4.90 Å². The Kier molecular flexibility index (Phi) is 5.85. The van der Waals surface area contributed by atoms with Crippen LogP contribution in [0.25, 0.3) is 5.57 Å². The van der Waals surface area contributed by atoms with Gasteiger partial charge in [-0.2, -0.15) is 0 Å². The highest BCUT2D eigenvalue weighted by Crippen LogP contribution is 2.49. The summed E-state index contributed by atoms with van der Waals surface area (Å²) in [5.74, 6) is -0.304. The Morgan fingerprint density at radius 1 is 0.969 bits per heavy atom. The number of esters is 1. The zero-order chi connectivity index (χ0) is 22.9. The number of piperidine rings is 1. The quantitative estimate of drug-likeness (QED) is 0.593. The number of allylic oxidation sites excluding steroid dienone is 1. The van der Waals surface area contributed by atoms with Crippen molar-refractivity contribution >= 4 is 17.6 Å². The molecule has 2 aliphatic rings. The van der Waals surface area contributed by atoms with E-state index in [1.54, 1.807) is 4.90 Å². The maximum atomic E-state index is 12.6. The van der Waals surface area contributed by atoms with E-state index < -0.39 is 5.60 Å². The van der Waals surface area contributed by atoms with Crippen LogP contribution in [-0.4, -0.2) is 42.3 Å². The van der Waals surface area contributed by atoms with Crippen LogP contribution < -0.4 is 0 Å². The van der Waals surface area contributed by atoms with E-state index in [4.69, 9.17) is 9.47 Å². The van der Waals surface area contributed by atoms with Crippen LogP contribution in [0, 0.1) is 0 Å². The summed E-state index contributed by atoms with van der Waals surface area (Å²) in [6.07, 6.45) is 3.68. The molecule has 1 spiro atoms. The first-order chi connectivity index (χ1) is 15.2. The summed E-state index contributed by atoms with van der Waals surface area (Å²) in [7, 11) is 0. The minimum Gasteiger partial charge on any atom is -0.462 e. The van der Waals surface area contributed by atoms with Gasteiger partial charge in [0, 0.05) is 18.5 Å². The number of rotatable bonds is 3. The Morgan fingerprint density at radius 2 is 1.59 bits per heavy atom. The second-order valence-corrected chi connectivity index (χ2v) is 9.49. The molecule has 0 bridgehead atoms. The van der Waals surface area contributed by atoms with E-state index in [0.29, 0.717) is 25.3 Å². The summed E-state index contributed by atoms with van der Waals surface area (Å²) in [5, 5.41) is 0. The highest BCUT2D eigenvalue weighted by atomic mass is 16.6. The van der Waals surface area contributed by atoms with Gasteiger partial charge in [0.1, 0.15) is 5.60 Å². The number of fused-ring (bicyclic) bond motifs is 2. The predicted octanol–water partition coefficient (Wildman–Crippen LogP) is 5.58. The standard InChI is InChI=1S/C27H31NO4/c1-5-31-24(29)21-12-7-6-10-19(21)22-18-27(23-13-9-8-11-20(22)23)14-16-28(17-15-27)25(30)32-26(2,3)4/h6-13,18H,5,14-17H2,1-4H3. The lowest BCUT2D eigenvalue weighted by atomic mass is 9.74. The van der Waals surface area contributed by atoms with Crippen molar-refractivity contribution in [3.05, 3.63) is 76.9 Å². The number of carbonyl (C=O) groups excluding carboxylic acids is 2. The lowest BCUT2D eigenvalue weighted by molar-refractivity contribution is 0.0183. The molecular weight excluding hydrogens is 402 g/mol. The maximum Gasteiger partial charge on any atom is 0.410 e. The van der Waals surface area contributed by atoms with Gasteiger partial charge in [-0.1, -0.05) is 48.5 Å². The SMILES string of the molecule is CCOC(=O)c1ccccc1C1=CC2(CCN(C(=O)OC(C)(C)C)CC2)c2ccccc21. The number of ether oxygens (including phenoxy) is 2. The topological polar surface area (TPSA) is 55.8 Å². The highest BCUT2D eigenvalue weighted by Gasteiger charge is 2.42. The van der Waals surface area contributed by atoms with Crippen LogP contribution in [0.2, 0.25) is 0 Å². The second kappa shape index (κ2) is 8.45. The van der Waals surface area contributed by atoms with Crippen LogP contribution in [0.4, 0.5) is 4.79 Å². The maximum absolute atomic E-state index is 12.6. The van der Waals surface area contributed by atoms with Crippen molar-refractivity contribution in [3.8, 4) is 0 Å². The summed E-state index contributed by atoms with van der Waals surface area (Å²) in [6.45, 7) is 9.09. The van der Waals surface area contributed by atoms with Crippen molar-refractivity contribution in [2.24, 2.45) is 0 Å². The first kappa shape index (κ1) is 22.1. The number of benzene rings is 2. The highest BCUT2D eigenvalue weighted by molar-refractivity contribution is 5.99. The summed E-state index contributed by atoms with van der Waals surface area (Å²) in [4.78, 5) is 27.0. The largest absolute Gasteiger partial charge is 0.462 e. The molecule has 5 nitrogen and oxygen atoms in total. The molecule has 0 N–H and O–H groups in total. The Hall–Kier alpha value is -3.08. The molecule has 168 valence electrons. The van der Waals surface area contributed by atoms with Gasteiger partial charge in [-0.15, -0.1) is 0 Å². The third kappa shape index (κ3) is 4.16. The predicted molar refractivity (Wildman–Crippen MR) is 125 cm³/mol. The molecule has 0 saturated carbocycles. The number of nitrogens with zero attached hydrogens (tertiary/aromatic N) is 1. The van der Waals surface area contributed by atoms with Crippen LogP contribution in [0.5, 0.6) is 0 Å². The number of amides is 1. The molecule has 1 aliphatic heterocycles. The molecule has 1 fully saturated rings. The van der Waals surface area contributed by atoms with Gasteiger partial charge in [0.2, 0.25) is 0 Å². The van der Waals surface area contributed by atoms with Gasteiger partial charge in [0.15, 0.2) is 0 Å². The van der Waals surface area contributed by atoms with E-state index >= 15 is 0 Å². The molecular formula is C27H31NO4. The van der Waals surface area contributed by atoms with Crippen molar-refractivity contribution in [2.75, 3.05) is 19.7 Å². The van der Waals surface area contributed by atoms with Crippen LogP contribution >= 0.6 is 0 Å². The van der Waals surface area contributed by atoms with Gasteiger partial charge in [-0.3, -0.25) is 0 Å². The van der Waals surface area contributed by atoms with Crippen LogP contribution in [0.3, 0.4) is 0 Å². The normalized spacial score (nSPS) is 17.0. The summed E-state index contributed by atoms with van der Waals surface area (Å²) >= 11 is 0. The second-order valence-electron chi connectivity index (χ2n) is 9.49. The molecule has 0 atom stereocenters. The number of hydrogen-bond donors (Lipinski definition) is 0. The first-order valence-electron chi connectivity index (χ1n) is 11.3. The van der Waals surface area contributed by atoms with Crippen LogP contribution in [0.1, 0.15) is 67.6 Å². The molecule has 1 heterocycles. The zero-order valence-corrected chi connectivity index (χ0v) is 19.3. The molecule has 1 aliphatic carbocycles. The molecule has 4 rings (SSSR count). The first-order valence-corrected chi connectivity index (χ1v) is 11.3. The fraction of sp³-hybridized carbons (Fsp3) is 0.407. The average molecular weight is 434 g/mol. The van der Waals surface area contributed by atoms with Crippen molar-refractivity contribution < 1.29 is 19.1 Å². The zero-order valence-electron chi connectivity index (χ0n) is 19.3. The Balaban J connectivity index is 1.67. The Labute approximate surface area is 190 Å². The van der Waals surface area contributed by atoms with Crippen molar-refractivity contribution in [2.45, 2.75) is 51.6 Å². The van der Waals surface area contributed by atoms with Gasteiger partial charge in [-0.05, 0) is 68.9 Å². The molecule has 0 aromatic heterocycles. The van der Waals surface area contributed by atoms with E-state index in [2.05, 4.69) is 24.3 Å². The van der Waals surface area contributed by atoms with Crippen LogP contribution in [0.15, 0.2) is 54.6 Å². The minimum absolute atomic E-state index is 0.161. The monoisotopic (exact) mass is 433 g/mol. The van der Waals surface area contributed by atoms with Crippen molar-refractivity contribution in [3.63, 3.8) is 0 Å². The Bertz CT molecular complexity index is 1060. The lowest BCUT2D eigenvalue weighted by Gasteiger charge is -2.39. The van der Waals surface area contributed by atoms with E-state index in [0.717, 1.165) is 29.5 Å². The third-order valence-corrected chi connectivity index (χ3v) is 6.19. The van der Waals surface area contributed by atoms with E-state index in [1.165, 1.54) is 5.56 Å². The molecule has 0 unspecified atom stereocenters. The molecule has 5 heteroatoms. The molecule has 32 heavy (non-hydrogen) atoms. The van der Waals surface area contributed by atoms with Gasteiger partial charge in [-0.25, -0.2) is 9.59 Å². The molecule has 1 amide bonds. The average Bonchev–Trinajstić information content (AvgIpc) is 3.07. The van der Waals surface area contributed by atoms with Gasteiger partial charge < -0.3 is 14.4 Å². The molecule has 0 radical (unpaired) electrons. The Morgan fingerprint density at radius 3 is 2.25 bits per heavy atom. The third-order valence-electron chi connectivity index (χ3n) is 6.19. The molecule has 1 saturated heterocycles. The minimum atomic E-state index is -0.504. The van der Waals surface area contributed by atoms with Gasteiger partial charge in [0.25, 0.3) is 0 Å². The smallest absolute Gasteiger partial charge is 0.410 e. The lowest BCUT2D eigenvalue weighted by Crippen LogP contribution is -2.45. The van der Waals surface area contributed by atoms with Crippen molar-refractivity contribution in [1.29, 1.82) is 0 Å². The fourth-order valence-electron chi connectivity index (χ4n) is 4.74. The number of likely N-dealkylation sites (tertiary alicyclic amines) is 1. The van der Waals surface area contributed by atoms with E-state index in [-0.39, 0.29) is 17.5 Å². The summed E-state index contributed by atoms with van der Waals surface area (Å²) in [5.41, 5.74) is 4.29. The van der Waals surface area contributed by atoms with E-state index in [1.807, 2.05) is 58.0 Å². The fourth-order valence-corrected chi connectivity index (χ4v) is 4.74. The summed E-state index contributed by atoms with van der Waals surface area (Å²) < 4.78 is 10.9. The van der Waals surface area contributed by atoms with E-state index in [9.17, 15) is 9.59 Å².